The van der Waals surface area contributed by atoms with Gasteiger partial charge in [0.1, 0.15) is 22.7 Å². The Kier molecular flexibility index (Phi) is 4.00. The van der Waals surface area contributed by atoms with E-state index in [2.05, 4.69) is 5.32 Å². The molecule has 3 aromatic heterocycles. The molecule has 5 aromatic rings. The summed E-state index contributed by atoms with van der Waals surface area (Å²) in [5, 5.41) is 2.85. The molecular formula is C23H17N5O4. The predicted octanol–water partition coefficient (Wildman–Crippen LogP) is 3.41. The maximum Gasteiger partial charge on any atom is 0.257 e. The van der Waals surface area contributed by atoms with E-state index in [4.69, 9.17) is 29.6 Å². The first-order valence-corrected chi connectivity index (χ1v) is 9.96. The minimum atomic E-state index is -0.368. The summed E-state index contributed by atoms with van der Waals surface area (Å²) in [5.74, 6) is 1.74. The first-order valence-electron chi connectivity index (χ1n) is 9.96. The zero-order valence-electron chi connectivity index (χ0n) is 16.7. The Morgan fingerprint density at radius 2 is 1.84 bits per heavy atom. The summed E-state index contributed by atoms with van der Waals surface area (Å²) in [4.78, 5) is 22.7. The largest absolute Gasteiger partial charge is 0.467 e. The minimum absolute atomic E-state index is 0.158. The molecule has 0 saturated heterocycles. The van der Waals surface area contributed by atoms with E-state index >= 15 is 0 Å². The Hall–Kier alpha value is -4.53. The van der Waals surface area contributed by atoms with Crippen molar-refractivity contribution in [1.29, 1.82) is 0 Å². The maximum atomic E-state index is 13.2. The summed E-state index contributed by atoms with van der Waals surface area (Å²) >= 11 is 0. The summed E-state index contributed by atoms with van der Waals surface area (Å²) < 4.78 is 17.9. The van der Waals surface area contributed by atoms with Crippen LogP contribution in [0, 0.1) is 0 Å². The van der Waals surface area contributed by atoms with Crippen molar-refractivity contribution in [1.82, 2.24) is 19.9 Å². The number of carbonyl (C=O) groups is 1. The molecule has 1 aliphatic rings. The molecule has 9 nitrogen and oxygen atoms in total. The second-order valence-electron chi connectivity index (χ2n) is 7.28. The highest BCUT2D eigenvalue weighted by atomic mass is 16.7. The molecule has 158 valence electrons. The van der Waals surface area contributed by atoms with Gasteiger partial charge in [-0.15, -0.1) is 0 Å². The van der Waals surface area contributed by atoms with Crippen molar-refractivity contribution in [3.8, 4) is 17.2 Å². The number of rotatable bonds is 4. The molecule has 0 radical (unpaired) electrons. The topological polar surface area (TPSA) is 117 Å². The Morgan fingerprint density at radius 3 is 2.66 bits per heavy atom. The predicted molar refractivity (Wildman–Crippen MR) is 117 cm³/mol. The molecule has 0 bridgehead atoms. The molecule has 0 fully saturated rings. The average molecular weight is 427 g/mol. The summed E-state index contributed by atoms with van der Waals surface area (Å²) in [6.45, 7) is 0.383. The van der Waals surface area contributed by atoms with Crippen LogP contribution in [-0.2, 0) is 6.54 Å². The van der Waals surface area contributed by atoms with Crippen molar-refractivity contribution in [2.45, 2.75) is 6.54 Å². The van der Waals surface area contributed by atoms with Gasteiger partial charge in [0.05, 0.1) is 29.5 Å². The van der Waals surface area contributed by atoms with Crippen LogP contribution in [0.2, 0.25) is 0 Å². The van der Waals surface area contributed by atoms with Crippen LogP contribution in [0.1, 0.15) is 16.1 Å². The third-order valence-corrected chi connectivity index (χ3v) is 5.34. The molecule has 0 aliphatic carbocycles. The van der Waals surface area contributed by atoms with E-state index in [-0.39, 0.29) is 30.6 Å². The monoisotopic (exact) mass is 427 g/mol. The SMILES string of the molecule is Nc1c(C(=O)NCc2ccco2)c2nc3ccccc3nc2n1-c1ccc2c(c1)OCO2. The molecule has 3 N–H and O–H groups in total. The van der Waals surface area contributed by atoms with Gasteiger partial charge in [0.2, 0.25) is 6.79 Å². The van der Waals surface area contributed by atoms with Crippen LogP contribution in [0.3, 0.4) is 0 Å². The number of para-hydroxylation sites is 2. The molecule has 0 spiro atoms. The van der Waals surface area contributed by atoms with Crippen LogP contribution < -0.4 is 20.5 Å². The number of benzene rings is 2. The van der Waals surface area contributed by atoms with Crippen LogP contribution in [0.15, 0.2) is 65.3 Å². The number of ether oxygens (including phenoxy) is 2. The lowest BCUT2D eigenvalue weighted by Crippen LogP contribution is -2.23. The molecule has 2 aromatic carbocycles. The number of nitrogens with zero attached hydrogens (tertiary/aromatic N) is 3. The number of furan rings is 1. The lowest BCUT2D eigenvalue weighted by atomic mass is 10.2. The van der Waals surface area contributed by atoms with Gasteiger partial charge in [-0.2, -0.15) is 0 Å². The number of carbonyl (C=O) groups excluding carboxylic acids is 1. The van der Waals surface area contributed by atoms with Crippen LogP contribution >= 0.6 is 0 Å². The Labute approximate surface area is 181 Å². The van der Waals surface area contributed by atoms with E-state index in [9.17, 15) is 4.79 Å². The van der Waals surface area contributed by atoms with Gasteiger partial charge in [-0.05, 0) is 36.4 Å². The average Bonchev–Trinajstić information content (AvgIpc) is 3.54. The third-order valence-electron chi connectivity index (χ3n) is 5.34. The number of hydrogen-bond donors (Lipinski definition) is 2. The number of aromatic nitrogens is 3. The smallest absolute Gasteiger partial charge is 0.257 e. The van der Waals surface area contributed by atoms with Crippen molar-refractivity contribution in [3.05, 3.63) is 72.2 Å². The quantitative estimate of drug-likeness (QED) is 0.451. The van der Waals surface area contributed by atoms with Crippen LogP contribution in [0.5, 0.6) is 11.5 Å². The van der Waals surface area contributed by atoms with Gasteiger partial charge < -0.3 is 24.9 Å². The zero-order chi connectivity index (χ0) is 21.7. The number of nitrogens with one attached hydrogen (secondary N) is 1. The van der Waals surface area contributed by atoms with Crippen molar-refractivity contribution in [3.63, 3.8) is 0 Å². The molecular weight excluding hydrogens is 410 g/mol. The number of fused-ring (bicyclic) bond motifs is 3. The van der Waals surface area contributed by atoms with Gasteiger partial charge in [-0.3, -0.25) is 9.36 Å². The number of anilines is 1. The lowest BCUT2D eigenvalue weighted by molar-refractivity contribution is 0.0950. The highest BCUT2D eigenvalue weighted by Gasteiger charge is 2.26. The number of nitrogen functional groups attached to an aromatic ring is 1. The van der Waals surface area contributed by atoms with Gasteiger partial charge in [-0.1, -0.05) is 12.1 Å². The minimum Gasteiger partial charge on any atom is -0.467 e. The van der Waals surface area contributed by atoms with E-state index in [0.717, 1.165) is 0 Å². The molecule has 6 rings (SSSR count). The van der Waals surface area contributed by atoms with Crippen LogP contribution in [0.4, 0.5) is 5.82 Å². The molecule has 1 aliphatic heterocycles. The van der Waals surface area contributed by atoms with Crippen molar-refractivity contribution < 1.29 is 18.7 Å². The van der Waals surface area contributed by atoms with Crippen molar-refractivity contribution >= 4 is 33.9 Å². The first-order chi connectivity index (χ1) is 15.7. The molecule has 4 heterocycles. The van der Waals surface area contributed by atoms with E-state index in [1.54, 1.807) is 35.1 Å². The molecule has 32 heavy (non-hydrogen) atoms. The molecule has 9 heteroatoms. The van der Waals surface area contributed by atoms with Crippen LogP contribution in [-0.4, -0.2) is 27.2 Å². The van der Waals surface area contributed by atoms with Gasteiger partial charge in [0.25, 0.3) is 5.91 Å². The summed E-state index contributed by atoms with van der Waals surface area (Å²) in [7, 11) is 0. The fourth-order valence-electron chi connectivity index (χ4n) is 3.84. The Balaban J connectivity index is 1.54. The maximum absolute atomic E-state index is 13.2. The molecule has 0 unspecified atom stereocenters. The summed E-state index contributed by atoms with van der Waals surface area (Å²) in [6, 6.07) is 16.5. The second kappa shape index (κ2) is 7.02. The van der Waals surface area contributed by atoms with Crippen molar-refractivity contribution in [2.24, 2.45) is 0 Å². The standard InChI is InChI=1S/C23H17N5O4/c24-21-19(23(29)25-11-14-4-3-9-30-14)20-22(27-16-6-2-1-5-15(16)26-20)28(21)13-7-8-17-18(10-13)32-12-31-17/h1-10H,11-12,24H2,(H,25,29). The van der Waals surface area contributed by atoms with E-state index in [0.29, 0.717) is 45.1 Å². The number of amides is 1. The van der Waals surface area contributed by atoms with E-state index < -0.39 is 0 Å². The van der Waals surface area contributed by atoms with Gasteiger partial charge in [0, 0.05) is 6.07 Å². The zero-order valence-corrected chi connectivity index (χ0v) is 16.7. The molecule has 1 amide bonds. The highest BCUT2D eigenvalue weighted by molar-refractivity contribution is 6.11. The lowest BCUT2D eigenvalue weighted by Gasteiger charge is -2.09. The third kappa shape index (κ3) is 2.83. The van der Waals surface area contributed by atoms with E-state index in [1.165, 1.54) is 0 Å². The second-order valence-corrected chi connectivity index (χ2v) is 7.28. The Morgan fingerprint density at radius 1 is 1.03 bits per heavy atom. The summed E-state index contributed by atoms with van der Waals surface area (Å²) in [5.41, 5.74) is 9.72. The van der Waals surface area contributed by atoms with Crippen LogP contribution in [0.25, 0.3) is 27.9 Å². The van der Waals surface area contributed by atoms with Crippen molar-refractivity contribution in [2.75, 3.05) is 12.5 Å². The normalized spacial score (nSPS) is 12.5. The molecule has 0 saturated carbocycles. The van der Waals surface area contributed by atoms with Gasteiger partial charge >= 0.3 is 0 Å². The fraction of sp³-hybridized carbons (Fsp3) is 0.0870. The highest BCUT2D eigenvalue weighted by Crippen LogP contribution is 2.37. The fourth-order valence-corrected chi connectivity index (χ4v) is 3.84. The number of nitrogens with two attached hydrogens (primary N) is 1. The first kappa shape index (κ1) is 18.3. The van der Waals surface area contributed by atoms with E-state index in [1.807, 2.05) is 30.3 Å². The van der Waals surface area contributed by atoms with Gasteiger partial charge in [-0.25, -0.2) is 9.97 Å². The Bertz CT molecular complexity index is 1490. The van der Waals surface area contributed by atoms with Gasteiger partial charge in [0.15, 0.2) is 17.1 Å². The number of hydrogen-bond acceptors (Lipinski definition) is 7. The summed E-state index contributed by atoms with van der Waals surface area (Å²) in [6.07, 6.45) is 1.55. The molecule has 0 atom stereocenters.